The molecule has 0 aliphatic heterocycles. The summed E-state index contributed by atoms with van der Waals surface area (Å²) in [5.74, 6) is 0. The van der Waals surface area contributed by atoms with E-state index in [1.165, 1.54) is 0 Å². The van der Waals surface area contributed by atoms with Crippen LogP contribution in [0.2, 0.25) is 0 Å². The number of benzene rings is 1. The van der Waals surface area contributed by atoms with E-state index in [1.807, 2.05) is 30.3 Å². The van der Waals surface area contributed by atoms with Gasteiger partial charge in [-0.2, -0.15) is 8.42 Å². The lowest BCUT2D eigenvalue weighted by molar-refractivity contribution is 0.0498. The highest BCUT2D eigenvalue weighted by Gasteiger charge is 2.20. The molecule has 1 aromatic carbocycles. The predicted octanol–water partition coefficient (Wildman–Crippen LogP) is 2.49. The van der Waals surface area contributed by atoms with Crippen LogP contribution in [0.25, 0.3) is 0 Å². The van der Waals surface area contributed by atoms with Gasteiger partial charge in [0.25, 0.3) is 10.1 Å². The molecule has 1 rings (SSSR count). The van der Waals surface area contributed by atoms with E-state index >= 15 is 0 Å². The van der Waals surface area contributed by atoms with Crippen LogP contribution in [-0.2, 0) is 25.5 Å². The highest BCUT2D eigenvalue weighted by atomic mass is 32.2. The van der Waals surface area contributed by atoms with Gasteiger partial charge < -0.3 is 10.1 Å². The molecule has 0 spiro atoms. The van der Waals surface area contributed by atoms with E-state index in [0.29, 0.717) is 12.8 Å². The van der Waals surface area contributed by atoms with Crippen LogP contribution in [0.5, 0.6) is 0 Å². The van der Waals surface area contributed by atoms with Crippen LogP contribution in [-0.4, -0.2) is 39.0 Å². The highest BCUT2D eigenvalue weighted by Crippen LogP contribution is 2.10. The molecule has 0 radical (unpaired) electrons. The molecule has 1 atom stereocenters. The molecule has 0 bridgehead atoms. The minimum Gasteiger partial charge on any atom is -0.444 e. The van der Waals surface area contributed by atoms with E-state index in [-0.39, 0.29) is 12.6 Å². The van der Waals surface area contributed by atoms with Crippen molar-refractivity contribution >= 4 is 16.2 Å². The molecule has 0 aliphatic carbocycles. The smallest absolute Gasteiger partial charge is 0.407 e. The zero-order valence-corrected chi connectivity index (χ0v) is 14.9. The van der Waals surface area contributed by atoms with Crippen molar-refractivity contribution in [3.05, 3.63) is 35.9 Å². The van der Waals surface area contributed by atoms with E-state index in [1.54, 1.807) is 20.8 Å². The van der Waals surface area contributed by atoms with E-state index in [2.05, 4.69) is 5.32 Å². The maximum absolute atomic E-state index is 11.9. The van der Waals surface area contributed by atoms with Gasteiger partial charge in [-0.05, 0) is 39.2 Å². The van der Waals surface area contributed by atoms with Crippen molar-refractivity contribution in [2.24, 2.45) is 0 Å². The van der Waals surface area contributed by atoms with Crippen molar-refractivity contribution in [3.63, 3.8) is 0 Å². The maximum Gasteiger partial charge on any atom is 0.407 e. The molecule has 0 unspecified atom stereocenters. The Hall–Kier alpha value is -1.60. The number of carbonyl (C=O) groups excluding carboxylic acids is 1. The van der Waals surface area contributed by atoms with Gasteiger partial charge >= 0.3 is 6.09 Å². The van der Waals surface area contributed by atoms with Crippen LogP contribution in [0.15, 0.2) is 30.3 Å². The van der Waals surface area contributed by atoms with Gasteiger partial charge in [-0.25, -0.2) is 4.79 Å². The van der Waals surface area contributed by atoms with E-state index in [4.69, 9.17) is 8.92 Å². The molecule has 1 aromatic rings. The Balaban J connectivity index is 2.65. The molecule has 7 heteroatoms. The molecule has 0 saturated heterocycles. The molecule has 0 saturated carbocycles. The van der Waals surface area contributed by atoms with Crippen molar-refractivity contribution in [1.82, 2.24) is 5.32 Å². The van der Waals surface area contributed by atoms with Crippen molar-refractivity contribution in [3.8, 4) is 0 Å². The number of ether oxygens (including phenoxy) is 1. The number of alkyl carbamates (subject to hydrolysis) is 1. The first-order valence-electron chi connectivity index (χ1n) is 7.43. The summed E-state index contributed by atoms with van der Waals surface area (Å²) < 4.78 is 32.1. The van der Waals surface area contributed by atoms with E-state index in [0.717, 1.165) is 11.8 Å². The Morgan fingerprint density at radius 3 is 2.35 bits per heavy atom. The fourth-order valence-corrected chi connectivity index (χ4v) is 2.34. The number of rotatable bonds is 7. The molecule has 0 aromatic heterocycles. The van der Waals surface area contributed by atoms with E-state index in [9.17, 15) is 13.2 Å². The molecule has 0 heterocycles. The maximum atomic E-state index is 11.9. The second-order valence-corrected chi connectivity index (χ2v) is 7.99. The van der Waals surface area contributed by atoms with Gasteiger partial charge in [0.15, 0.2) is 0 Å². The third-order valence-electron chi connectivity index (χ3n) is 2.81. The Labute approximate surface area is 138 Å². The molecule has 0 aliphatic rings. The molecule has 0 fully saturated rings. The lowest BCUT2D eigenvalue weighted by Crippen LogP contribution is -2.41. The third-order valence-corrected chi connectivity index (χ3v) is 3.40. The van der Waals surface area contributed by atoms with Gasteiger partial charge in [-0.1, -0.05) is 30.3 Å². The average molecular weight is 343 g/mol. The van der Waals surface area contributed by atoms with Crippen molar-refractivity contribution in [2.45, 2.75) is 45.3 Å². The van der Waals surface area contributed by atoms with Gasteiger partial charge in [0.1, 0.15) is 5.60 Å². The second-order valence-electron chi connectivity index (χ2n) is 6.35. The van der Waals surface area contributed by atoms with Crippen LogP contribution in [0, 0.1) is 0 Å². The Kier molecular flexibility index (Phi) is 7.02. The minimum absolute atomic E-state index is 0.00608. The lowest BCUT2D eigenvalue weighted by Gasteiger charge is -2.23. The normalized spacial score (nSPS) is 13.4. The van der Waals surface area contributed by atoms with Crippen LogP contribution in [0.1, 0.15) is 32.8 Å². The first kappa shape index (κ1) is 19.4. The first-order chi connectivity index (χ1) is 10.6. The SMILES string of the molecule is CC(C)(C)OC(=O)N[C@H](CCOS(C)(=O)=O)Cc1ccccc1. The first-order valence-corrected chi connectivity index (χ1v) is 9.25. The average Bonchev–Trinajstić information content (AvgIpc) is 2.35. The van der Waals surface area contributed by atoms with Gasteiger partial charge in [0, 0.05) is 6.04 Å². The largest absolute Gasteiger partial charge is 0.444 e. The molecule has 23 heavy (non-hydrogen) atoms. The number of hydrogen-bond acceptors (Lipinski definition) is 5. The lowest BCUT2D eigenvalue weighted by atomic mass is 10.0. The van der Waals surface area contributed by atoms with Crippen molar-refractivity contribution < 1.29 is 22.1 Å². The number of hydrogen-bond donors (Lipinski definition) is 1. The summed E-state index contributed by atoms with van der Waals surface area (Å²) in [6.07, 6.45) is 1.40. The van der Waals surface area contributed by atoms with Crippen LogP contribution < -0.4 is 5.32 Å². The minimum atomic E-state index is -3.49. The summed E-state index contributed by atoms with van der Waals surface area (Å²) in [5, 5.41) is 2.77. The molecular weight excluding hydrogens is 318 g/mol. The summed E-state index contributed by atoms with van der Waals surface area (Å²) >= 11 is 0. The van der Waals surface area contributed by atoms with Crippen LogP contribution >= 0.6 is 0 Å². The monoisotopic (exact) mass is 343 g/mol. The van der Waals surface area contributed by atoms with Crippen LogP contribution in [0.3, 0.4) is 0 Å². The number of carbonyl (C=O) groups is 1. The summed E-state index contributed by atoms with van der Waals surface area (Å²) in [6.45, 7) is 5.36. The van der Waals surface area contributed by atoms with Gasteiger partial charge in [0.05, 0.1) is 12.9 Å². The van der Waals surface area contributed by atoms with Gasteiger partial charge in [-0.15, -0.1) is 0 Å². The second kappa shape index (κ2) is 8.31. The van der Waals surface area contributed by atoms with Crippen molar-refractivity contribution in [1.29, 1.82) is 0 Å². The number of amides is 1. The fraction of sp³-hybridized carbons (Fsp3) is 0.562. The Bertz CT molecular complexity index is 593. The van der Waals surface area contributed by atoms with Gasteiger partial charge in [0.2, 0.25) is 0 Å². The van der Waals surface area contributed by atoms with Crippen molar-refractivity contribution in [2.75, 3.05) is 12.9 Å². The fourth-order valence-electron chi connectivity index (χ4n) is 1.94. The molecular formula is C16H25NO5S. The zero-order valence-electron chi connectivity index (χ0n) is 14.0. The number of nitrogens with one attached hydrogen (secondary N) is 1. The third kappa shape index (κ3) is 9.91. The summed E-state index contributed by atoms with van der Waals surface area (Å²) in [4.78, 5) is 11.9. The molecule has 130 valence electrons. The Morgan fingerprint density at radius 2 is 1.83 bits per heavy atom. The zero-order chi connectivity index (χ0) is 17.5. The Morgan fingerprint density at radius 1 is 1.22 bits per heavy atom. The highest BCUT2D eigenvalue weighted by molar-refractivity contribution is 7.85. The molecule has 1 amide bonds. The standard InChI is InChI=1S/C16H25NO5S/c1-16(2,3)22-15(18)17-14(10-11-21-23(4,19)20)12-13-8-6-5-7-9-13/h5-9,14H,10-12H2,1-4H3,(H,17,18)/t14-/m1/s1. The summed E-state index contributed by atoms with van der Waals surface area (Å²) in [7, 11) is -3.49. The molecule has 6 nitrogen and oxygen atoms in total. The summed E-state index contributed by atoms with van der Waals surface area (Å²) in [5.41, 5.74) is 0.442. The molecule has 1 N–H and O–H groups in total. The van der Waals surface area contributed by atoms with Gasteiger partial charge in [-0.3, -0.25) is 4.18 Å². The van der Waals surface area contributed by atoms with E-state index < -0.39 is 21.8 Å². The topological polar surface area (TPSA) is 81.7 Å². The van der Waals surface area contributed by atoms with Crippen LogP contribution in [0.4, 0.5) is 4.79 Å². The summed E-state index contributed by atoms with van der Waals surface area (Å²) in [6, 6.07) is 9.34. The predicted molar refractivity (Wildman–Crippen MR) is 88.7 cm³/mol. The quantitative estimate of drug-likeness (QED) is 0.769.